The van der Waals surface area contributed by atoms with Gasteiger partial charge in [0, 0.05) is 30.4 Å². The van der Waals surface area contributed by atoms with Gasteiger partial charge in [0.1, 0.15) is 0 Å². The zero-order chi connectivity index (χ0) is 19.0. The lowest BCUT2D eigenvalue weighted by atomic mass is 9.92. The molecule has 0 aromatic carbocycles. The second kappa shape index (κ2) is 9.60. The van der Waals surface area contributed by atoms with Crippen molar-refractivity contribution < 1.29 is 9.59 Å². The van der Waals surface area contributed by atoms with E-state index in [1.54, 1.807) is 6.08 Å². The van der Waals surface area contributed by atoms with E-state index in [2.05, 4.69) is 36.4 Å². The van der Waals surface area contributed by atoms with E-state index in [1.165, 1.54) is 6.08 Å². The van der Waals surface area contributed by atoms with Gasteiger partial charge >= 0.3 is 0 Å². The molecule has 2 rings (SSSR count). The topological polar surface area (TPSA) is 74.0 Å². The van der Waals surface area contributed by atoms with E-state index in [0.717, 1.165) is 44.2 Å². The van der Waals surface area contributed by atoms with Crippen LogP contribution in [0.25, 0.3) is 6.08 Å². The van der Waals surface area contributed by atoms with Crippen LogP contribution in [0.15, 0.2) is 24.4 Å². The average molecular weight is 360 g/mol. The smallest absolute Gasteiger partial charge is 0.244 e. The van der Waals surface area contributed by atoms with Crippen molar-refractivity contribution >= 4 is 17.9 Å². The first kappa shape index (κ1) is 20.3. The molecule has 2 amide bonds. The molecule has 1 aliphatic carbocycles. The summed E-state index contributed by atoms with van der Waals surface area (Å²) >= 11 is 0. The Bertz CT molecular complexity index is 605. The fourth-order valence-corrected chi connectivity index (χ4v) is 3.31. The summed E-state index contributed by atoms with van der Waals surface area (Å²) in [4.78, 5) is 27.9. The van der Waals surface area contributed by atoms with Gasteiger partial charge in [-0.1, -0.05) is 26.7 Å². The van der Waals surface area contributed by atoms with Crippen LogP contribution in [0.3, 0.4) is 0 Å². The molecule has 2 atom stereocenters. The van der Waals surface area contributed by atoms with Crippen LogP contribution in [-0.2, 0) is 9.59 Å². The first-order chi connectivity index (χ1) is 12.5. The fraction of sp³-hybridized carbons (Fsp3) is 0.619. The van der Waals surface area contributed by atoms with Crippen molar-refractivity contribution in [2.45, 2.75) is 64.8 Å². The molecule has 0 aliphatic heterocycles. The standard InChI is InChI=1S/C21H33N3O2/c1-4-6-8-16(5-2)20(26)24-21(3,17-10-11-17)15-23-19(25)13-12-18-9-7-14-22-18/h7,9,12-14,16-17,22H,4-6,8,10-11,15H2,1-3H3,(H,23,25)(H,24,26)/b13-12+. The predicted octanol–water partition coefficient (Wildman–Crippen LogP) is 3.65. The molecule has 5 nitrogen and oxygen atoms in total. The molecule has 0 saturated heterocycles. The van der Waals surface area contributed by atoms with Crippen LogP contribution in [-0.4, -0.2) is 28.9 Å². The van der Waals surface area contributed by atoms with Crippen molar-refractivity contribution in [1.82, 2.24) is 15.6 Å². The number of amides is 2. The summed E-state index contributed by atoms with van der Waals surface area (Å²) in [6, 6.07) is 3.79. The Morgan fingerprint density at radius 3 is 2.73 bits per heavy atom. The summed E-state index contributed by atoms with van der Waals surface area (Å²) < 4.78 is 0. The molecule has 0 bridgehead atoms. The summed E-state index contributed by atoms with van der Waals surface area (Å²) in [5.41, 5.74) is 0.521. The SMILES string of the molecule is CCCCC(CC)C(=O)NC(C)(CNC(=O)/C=C/c1ccc[nH]1)C1CC1. The molecule has 3 N–H and O–H groups in total. The van der Waals surface area contributed by atoms with Gasteiger partial charge in [-0.2, -0.15) is 0 Å². The van der Waals surface area contributed by atoms with Crippen molar-refractivity contribution in [2.75, 3.05) is 6.54 Å². The highest BCUT2D eigenvalue weighted by atomic mass is 16.2. The molecule has 1 heterocycles. The minimum absolute atomic E-state index is 0.0662. The third kappa shape index (κ3) is 6.04. The third-order valence-electron chi connectivity index (χ3n) is 5.32. The molecule has 1 aromatic rings. The van der Waals surface area contributed by atoms with Gasteiger partial charge < -0.3 is 15.6 Å². The van der Waals surface area contributed by atoms with E-state index in [1.807, 2.05) is 18.3 Å². The number of aromatic nitrogens is 1. The van der Waals surface area contributed by atoms with Crippen LogP contribution >= 0.6 is 0 Å². The number of hydrogen-bond donors (Lipinski definition) is 3. The van der Waals surface area contributed by atoms with Crippen LogP contribution in [0, 0.1) is 11.8 Å². The lowest BCUT2D eigenvalue weighted by Crippen LogP contribution is -2.56. The Kier molecular flexibility index (Phi) is 7.49. The second-order valence-electron chi connectivity index (χ2n) is 7.60. The van der Waals surface area contributed by atoms with E-state index < -0.39 is 0 Å². The van der Waals surface area contributed by atoms with E-state index in [9.17, 15) is 9.59 Å². The highest BCUT2D eigenvalue weighted by Crippen LogP contribution is 2.39. The Hall–Kier alpha value is -2.04. The minimum Gasteiger partial charge on any atom is -0.362 e. The number of carbonyl (C=O) groups is 2. The lowest BCUT2D eigenvalue weighted by Gasteiger charge is -2.33. The van der Waals surface area contributed by atoms with E-state index in [-0.39, 0.29) is 23.3 Å². The van der Waals surface area contributed by atoms with Crippen molar-refractivity contribution in [3.05, 3.63) is 30.1 Å². The fourth-order valence-electron chi connectivity index (χ4n) is 3.31. The molecular formula is C21H33N3O2. The van der Waals surface area contributed by atoms with Gasteiger partial charge in [0.15, 0.2) is 0 Å². The summed E-state index contributed by atoms with van der Waals surface area (Å²) in [6.45, 7) is 6.74. The normalized spacial score (nSPS) is 17.7. The number of nitrogens with one attached hydrogen (secondary N) is 3. The van der Waals surface area contributed by atoms with Gasteiger partial charge in [-0.15, -0.1) is 0 Å². The highest BCUT2D eigenvalue weighted by molar-refractivity contribution is 5.91. The maximum atomic E-state index is 12.7. The molecule has 1 aromatic heterocycles. The maximum absolute atomic E-state index is 12.7. The minimum atomic E-state index is -0.368. The Morgan fingerprint density at radius 1 is 1.38 bits per heavy atom. The predicted molar refractivity (Wildman–Crippen MR) is 105 cm³/mol. The van der Waals surface area contributed by atoms with Crippen LogP contribution in [0.1, 0.15) is 65.0 Å². The molecule has 144 valence electrons. The Labute approximate surface area is 157 Å². The summed E-state index contributed by atoms with van der Waals surface area (Å²) in [5.74, 6) is 0.504. The average Bonchev–Trinajstić information content (AvgIpc) is 3.36. The molecule has 0 spiro atoms. The van der Waals surface area contributed by atoms with Gasteiger partial charge in [0.2, 0.25) is 11.8 Å². The van der Waals surface area contributed by atoms with Crippen molar-refractivity contribution in [2.24, 2.45) is 11.8 Å². The van der Waals surface area contributed by atoms with Crippen molar-refractivity contribution in [1.29, 1.82) is 0 Å². The van der Waals surface area contributed by atoms with Crippen LogP contribution < -0.4 is 10.6 Å². The monoisotopic (exact) mass is 359 g/mol. The zero-order valence-corrected chi connectivity index (χ0v) is 16.3. The number of carbonyl (C=O) groups excluding carboxylic acids is 2. The first-order valence-electron chi connectivity index (χ1n) is 9.89. The van der Waals surface area contributed by atoms with Crippen LogP contribution in [0.2, 0.25) is 0 Å². The largest absolute Gasteiger partial charge is 0.362 e. The molecule has 1 aliphatic rings. The van der Waals surface area contributed by atoms with E-state index in [0.29, 0.717) is 12.5 Å². The molecule has 5 heteroatoms. The number of hydrogen-bond acceptors (Lipinski definition) is 2. The molecule has 0 radical (unpaired) electrons. The van der Waals surface area contributed by atoms with Crippen LogP contribution in [0.4, 0.5) is 0 Å². The Morgan fingerprint density at radius 2 is 2.15 bits per heavy atom. The quantitative estimate of drug-likeness (QED) is 0.528. The molecule has 1 fully saturated rings. The van der Waals surface area contributed by atoms with Gasteiger partial charge in [0.05, 0.1) is 5.54 Å². The number of H-pyrrole nitrogens is 1. The van der Waals surface area contributed by atoms with Crippen molar-refractivity contribution in [3.8, 4) is 0 Å². The zero-order valence-electron chi connectivity index (χ0n) is 16.3. The second-order valence-corrected chi connectivity index (χ2v) is 7.60. The third-order valence-corrected chi connectivity index (χ3v) is 5.32. The van der Waals surface area contributed by atoms with Gasteiger partial charge in [0.25, 0.3) is 0 Å². The van der Waals surface area contributed by atoms with Gasteiger partial charge in [-0.25, -0.2) is 0 Å². The highest BCUT2D eigenvalue weighted by Gasteiger charge is 2.43. The maximum Gasteiger partial charge on any atom is 0.244 e. The van der Waals surface area contributed by atoms with Crippen molar-refractivity contribution in [3.63, 3.8) is 0 Å². The number of aromatic amines is 1. The molecule has 1 saturated carbocycles. The number of unbranched alkanes of at least 4 members (excludes halogenated alkanes) is 1. The summed E-state index contributed by atoms with van der Waals surface area (Å²) in [7, 11) is 0. The molecular weight excluding hydrogens is 326 g/mol. The van der Waals surface area contributed by atoms with Crippen LogP contribution in [0.5, 0.6) is 0 Å². The number of rotatable bonds is 11. The molecule has 2 unspecified atom stereocenters. The first-order valence-corrected chi connectivity index (χ1v) is 9.89. The Balaban J connectivity index is 1.89. The lowest BCUT2D eigenvalue weighted by molar-refractivity contribution is -0.128. The van der Waals surface area contributed by atoms with E-state index >= 15 is 0 Å². The summed E-state index contributed by atoms with van der Waals surface area (Å²) in [6.07, 6.45) is 11.3. The molecule has 26 heavy (non-hydrogen) atoms. The van der Waals surface area contributed by atoms with Gasteiger partial charge in [-0.3, -0.25) is 9.59 Å². The summed E-state index contributed by atoms with van der Waals surface area (Å²) in [5, 5.41) is 6.21. The van der Waals surface area contributed by atoms with E-state index in [4.69, 9.17) is 0 Å². The van der Waals surface area contributed by atoms with Gasteiger partial charge in [-0.05, 0) is 56.7 Å².